The molecule has 2 amide bonds. The molecule has 150 valence electrons. The molecule has 0 radical (unpaired) electrons. The summed E-state index contributed by atoms with van der Waals surface area (Å²) in [6.07, 6.45) is 2.96. The Labute approximate surface area is 171 Å². The number of carboxylic acids is 1. The van der Waals surface area contributed by atoms with Gasteiger partial charge in [-0.05, 0) is 24.3 Å². The van der Waals surface area contributed by atoms with Crippen molar-refractivity contribution >= 4 is 17.8 Å². The summed E-state index contributed by atoms with van der Waals surface area (Å²) in [5.41, 5.74) is 5.84. The highest BCUT2D eigenvalue weighted by Gasteiger charge is 2.11. The lowest BCUT2D eigenvalue weighted by Crippen LogP contribution is -2.41. The molecule has 30 heavy (non-hydrogen) atoms. The minimum atomic E-state index is -1.27. The molecule has 0 saturated carbocycles. The van der Waals surface area contributed by atoms with E-state index in [-0.39, 0.29) is 5.69 Å². The van der Waals surface area contributed by atoms with E-state index in [2.05, 4.69) is 15.8 Å². The fraction of sp³-hybridized carbons (Fsp3) is 0. The fourth-order valence-corrected chi connectivity index (χ4v) is 2.47. The summed E-state index contributed by atoms with van der Waals surface area (Å²) in [5.74, 6) is -1.37. The van der Waals surface area contributed by atoms with Crippen molar-refractivity contribution in [2.24, 2.45) is 0 Å². The summed E-state index contributed by atoms with van der Waals surface area (Å²) in [6.45, 7) is 0. The van der Waals surface area contributed by atoms with E-state index in [0.29, 0.717) is 17.6 Å². The van der Waals surface area contributed by atoms with Crippen LogP contribution in [0, 0.1) is 0 Å². The number of pyridine rings is 1. The van der Waals surface area contributed by atoms with Crippen LogP contribution >= 0.6 is 0 Å². The number of ether oxygens (including phenoxy) is 1. The van der Waals surface area contributed by atoms with E-state index in [9.17, 15) is 14.4 Å². The molecule has 0 atom stereocenters. The number of hydrogen-bond donors (Lipinski definition) is 3. The summed E-state index contributed by atoms with van der Waals surface area (Å²) in [7, 11) is 0. The minimum absolute atomic E-state index is 0.0720. The number of carbonyl (C=O) groups is 3. The Bertz CT molecular complexity index is 1080. The molecule has 8 heteroatoms. The zero-order chi connectivity index (χ0) is 21.3. The first-order chi connectivity index (χ1) is 14.5. The zero-order valence-electron chi connectivity index (χ0n) is 15.6. The van der Waals surface area contributed by atoms with Crippen LogP contribution < -0.4 is 15.6 Å². The van der Waals surface area contributed by atoms with Crippen molar-refractivity contribution in [3.63, 3.8) is 0 Å². The van der Waals surface area contributed by atoms with E-state index in [4.69, 9.17) is 9.84 Å². The average molecular weight is 403 g/mol. The maximum atomic E-state index is 12.1. The van der Waals surface area contributed by atoms with E-state index in [1.54, 1.807) is 6.07 Å². The molecular weight excluding hydrogens is 386 g/mol. The van der Waals surface area contributed by atoms with Gasteiger partial charge in [-0.25, -0.2) is 4.79 Å². The van der Waals surface area contributed by atoms with Gasteiger partial charge in [0.15, 0.2) is 0 Å². The molecule has 8 nitrogen and oxygen atoms in total. The van der Waals surface area contributed by atoms with Gasteiger partial charge in [0.05, 0.1) is 0 Å². The van der Waals surface area contributed by atoms with E-state index in [1.807, 2.05) is 54.6 Å². The number of para-hydroxylation sites is 2. The van der Waals surface area contributed by atoms with Crippen LogP contribution in [0.5, 0.6) is 11.5 Å². The molecular formula is C22H17N3O5. The first-order valence-corrected chi connectivity index (χ1v) is 8.82. The number of hydrazine groups is 1. The van der Waals surface area contributed by atoms with E-state index in [1.165, 1.54) is 12.3 Å². The molecule has 0 fully saturated rings. The predicted octanol–water partition coefficient (Wildman–Crippen LogP) is 2.94. The lowest BCUT2D eigenvalue weighted by Gasteiger charge is -2.11. The van der Waals surface area contributed by atoms with Gasteiger partial charge >= 0.3 is 5.97 Å². The number of rotatable bonds is 6. The third-order valence-corrected chi connectivity index (χ3v) is 3.84. The largest absolute Gasteiger partial charge is 0.478 e. The number of carboxylic acid groups (broad SMARTS) is 1. The van der Waals surface area contributed by atoms with E-state index < -0.39 is 17.8 Å². The molecule has 3 rings (SSSR count). The maximum Gasteiger partial charge on any atom is 0.328 e. The summed E-state index contributed by atoms with van der Waals surface area (Å²) in [6, 6.07) is 20.0. The molecule has 0 aliphatic heterocycles. The molecule has 1 aromatic heterocycles. The van der Waals surface area contributed by atoms with Crippen LogP contribution in [0.25, 0.3) is 11.1 Å². The highest BCUT2D eigenvalue weighted by Crippen LogP contribution is 2.32. The van der Waals surface area contributed by atoms with Gasteiger partial charge < -0.3 is 9.84 Å². The first-order valence-electron chi connectivity index (χ1n) is 8.82. The standard InChI is InChI=1S/C22H17N3O5/c26-20(12-13-21(27)28)24-25-22(29)18-11-10-15(14-23-18)17-8-4-5-9-19(17)30-16-6-2-1-3-7-16/h1-14H,(H,24,26)(H,25,29)(H,27,28)/b13-12+. The van der Waals surface area contributed by atoms with Crippen molar-refractivity contribution in [3.05, 3.63) is 90.8 Å². The SMILES string of the molecule is O=C(O)/C=C/C(=O)NNC(=O)c1ccc(-c2ccccc2Oc2ccccc2)cn1. The Hall–Kier alpha value is -4.46. The molecule has 2 aromatic carbocycles. The van der Waals surface area contributed by atoms with Gasteiger partial charge in [0.2, 0.25) is 0 Å². The van der Waals surface area contributed by atoms with E-state index >= 15 is 0 Å². The Balaban J connectivity index is 1.69. The van der Waals surface area contributed by atoms with Crippen molar-refractivity contribution in [1.29, 1.82) is 0 Å². The van der Waals surface area contributed by atoms with Crippen LogP contribution in [-0.2, 0) is 9.59 Å². The first kappa shape index (κ1) is 20.3. The lowest BCUT2D eigenvalue weighted by atomic mass is 10.1. The second-order valence-electron chi connectivity index (χ2n) is 5.96. The second-order valence-corrected chi connectivity index (χ2v) is 5.96. The van der Waals surface area contributed by atoms with Gasteiger partial charge in [-0.1, -0.05) is 42.5 Å². The molecule has 0 saturated heterocycles. The average Bonchev–Trinajstić information content (AvgIpc) is 2.77. The number of benzene rings is 2. The van der Waals surface area contributed by atoms with Gasteiger partial charge in [-0.3, -0.25) is 25.4 Å². The molecule has 0 aliphatic carbocycles. The number of aliphatic carboxylic acids is 1. The quantitative estimate of drug-likeness (QED) is 0.430. The van der Waals surface area contributed by atoms with Crippen LogP contribution in [0.3, 0.4) is 0 Å². The molecule has 0 unspecified atom stereocenters. The van der Waals surface area contributed by atoms with Crippen LogP contribution in [0.15, 0.2) is 85.1 Å². The molecule has 0 spiro atoms. The highest BCUT2D eigenvalue weighted by atomic mass is 16.5. The van der Waals surface area contributed by atoms with Crippen molar-refractivity contribution in [2.45, 2.75) is 0 Å². The van der Waals surface area contributed by atoms with E-state index in [0.717, 1.165) is 17.2 Å². The van der Waals surface area contributed by atoms with Crippen LogP contribution in [0.2, 0.25) is 0 Å². The Morgan fingerprint density at radius 3 is 2.30 bits per heavy atom. The number of aromatic nitrogens is 1. The number of hydrogen-bond acceptors (Lipinski definition) is 5. The Morgan fingerprint density at radius 1 is 0.867 bits per heavy atom. The molecule has 1 heterocycles. The number of nitrogens with one attached hydrogen (secondary N) is 2. The van der Waals surface area contributed by atoms with Crippen molar-refractivity contribution < 1.29 is 24.2 Å². The number of nitrogens with zero attached hydrogens (tertiary/aromatic N) is 1. The summed E-state index contributed by atoms with van der Waals surface area (Å²) < 4.78 is 5.94. The Kier molecular flexibility index (Phi) is 6.52. The summed E-state index contributed by atoms with van der Waals surface area (Å²) >= 11 is 0. The van der Waals surface area contributed by atoms with Crippen LogP contribution in [0.4, 0.5) is 0 Å². The van der Waals surface area contributed by atoms with Gasteiger partial charge in [0, 0.05) is 29.5 Å². The van der Waals surface area contributed by atoms with Crippen molar-refractivity contribution in [2.75, 3.05) is 0 Å². The van der Waals surface area contributed by atoms with Crippen LogP contribution in [0.1, 0.15) is 10.5 Å². The predicted molar refractivity (Wildman–Crippen MR) is 109 cm³/mol. The maximum absolute atomic E-state index is 12.1. The van der Waals surface area contributed by atoms with Gasteiger partial charge in [0.1, 0.15) is 17.2 Å². The molecule has 3 aromatic rings. The summed E-state index contributed by atoms with van der Waals surface area (Å²) in [4.78, 5) is 38.0. The second kappa shape index (κ2) is 9.65. The van der Waals surface area contributed by atoms with Gasteiger partial charge in [-0.15, -0.1) is 0 Å². The normalized spacial score (nSPS) is 10.4. The molecule has 0 bridgehead atoms. The number of carbonyl (C=O) groups excluding carboxylic acids is 2. The smallest absolute Gasteiger partial charge is 0.328 e. The summed E-state index contributed by atoms with van der Waals surface area (Å²) in [5, 5.41) is 8.47. The lowest BCUT2D eigenvalue weighted by molar-refractivity contribution is -0.131. The Morgan fingerprint density at radius 2 is 1.60 bits per heavy atom. The highest BCUT2D eigenvalue weighted by molar-refractivity contribution is 5.97. The van der Waals surface area contributed by atoms with Crippen molar-refractivity contribution in [3.8, 4) is 22.6 Å². The number of amides is 2. The third kappa shape index (κ3) is 5.52. The molecule has 0 aliphatic rings. The minimum Gasteiger partial charge on any atom is -0.478 e. The third-order valence-electron chi connectivity index (χ3n) is 3.84. The topological polar surface area (TPSA) is 118 Å². The van der Waals surface area contributed by atoms with Crippen molar-refractivity contribution in [1.82, 2.24) is 15.8 Å². The van der Waals surface area contributed by atoms with Crippen LogP contribution in [-0.4, -0.2) is 27.9 Å². The van der Waals surface area contributed by atoms with Gasteiger partial charge in [0.25, 0.3) is 11.8 Å². The molecule has 3 N–H and O–H groups in total. The zero-order valence-corrected chi connectivity index (χ0v) is 15.6. The monoisotopic (exact) mass is 403 g/mol. The van der Waals surface area contributed by atoms with Gasteiger partial charge in [-0.2, -0.15) is 0 Å². The fourth-order valence-electron chi connectivity index (χ4n) is 2.47.